The number of nitrogens with zero attached hydrogens (tertiary/aromatic N) is 1. The van der Waals surface area contributed by atoms with Crippen LogP contribution in [0, 0.1) is 5.82 Å². The van der Waals surface area contributed by atoms with Crippen LogP contribution >= 0.6 is 0 Å². The second-order valence-electron chi connectivity index (χ2n) is 2.77. The molecule has 4 heteroatoms. The summed E-state index contributed by atoms with van der Waals surface area (Å²) in [5, 5.41) is 0. The molecular formula is C9H13FN2O. The van der Waals surface area contributed by atoms with E-state index in [1.165, 1.54) is 19.4 Å². The van der Waals surface area contributed by atoms with Crippen LogP contribution in [0.25, 0.3) is 0 Å². The van der Waals surface area contributed by atoms with Crippen molar-refractivity contribution in [2.75, 3.05) is 7.11 Å². The van der Waals surface area contributed by atoms with E-state index in [1.807, 2.05) is 6.92 Å². The average molecular weight is 184 g/mol. The zero-order chi connectivity index (χ0) is 9.84. The number of nitrogens with two attached hydrogens (primary N) is 1. The molecule has 2 N–H and O–H groups in total. The van der Waals surface area contributed by atoms with Crippen LogP contribution in [0.4, 0.5) is 4.39 Å². The van der Waals surface area contributed by atoms with Gasteiger partial charge in [0, 0.05) is 12.2 Å². The maximum absolute atomic E-state index is 13.1. The first kappa shape index (κ1) is 9.92. The first-order valence-corrected chi connectivity index (χ1v) is 4.14. The van der Waals surface area contributed by atoms with Crippen molar-refractivity contribution in [3.8, 4) is 5.88 Å². The molecule has 0 fully saturated rings. The van der Waals surface area contributed by atoms with Crippen molar-refractivity contribution in [2.24, 2.45) is 5.73 Å². The average Bonchev–Trinajstić information content (AvgIpc) is 2.16. The lowest BCUT2D eigenvalue weighted by Crippen LogP contribution is -2.09. The highest BCUT2D eigenvalue weighted by Crippen LogP contribution is 2.18. The van der Waals surface area contributed by atoms with Gasteiger partial charge in [0.1, 0.15) is 0 Å². The monoisotopic (exact) mass is 184 g/mol. The zero-order valence-electron chi connectivity index (χ0n) is 7.75. The molecule has 1 rings (SSSR count). The van der Waals surface area contributed by atoms with E-state index >= 15 is 0 Å². The minimum absolute atomic E-state index is 0.00653. The molecule has 0 saturated heterocycles. The second-order valence-corrected chi connectivity index (χ2v) is 2.77. The van der Waals surface area contributed by atoms with Crippen LogP contribution in [-0.2, 0) is 0 Å². The standard InChI is InChI=1S/C9H13FN2O/c1-3-8(11)6-4-7(10)9(13-2)12-5-6/h4-5,8H,3,11H2,1-2H3. The maximum atomic E-state index is 13.1. The van der Waals surface area contributed by atoms with Gasteiger partial charge in [-0.3, -0.25) is 0 Å². The highest BCUT2D eigenvalue weighted by Gasteiger charge is 2.09. The molecule has 72 valence electrons. The number of hydrogen-bond acceptors (Lipinski definition) is 3. The summed E-state index contributed by atoms with van der Waals surface area (Å²) < 4.78 is 17.8. The Morgan fingerprint density at radius 1 is 1.69 bits per heavy atom. The van der Waals surface area contributed by atoms with E-state index in [2.05, 4.69) is 9.72 Å². The van der Waals surface area contributed by atoms with Gasteiger partial charge < -0.3 is 10.5 Å². The minimum Gasteiger partial charge on any atom is -0.479 e. The van der Waals surface area contributed by atoms with Crippen molar-refractivity contribution in [3.05, 3.63) is 23.6 Å². The number of ether oxygens (including phenoxy) is 1. The van der Waals surface area contributed by atoms with Gasteiger partial charge in [0.05, 0.1) is 7.11 Å². The Hall–Kier alpha value is -1.16. The summed E-state index contributed by atoms with van der Waals surface area (Å²) in [4.78, 5) is 3.79. The van der Waals surface area contributed by atoms with E-state index in [4.69, 9.17) is 5.73 Å². The molecule has 0 radical (unpaired) electrons. The molecule has 1 unspecified atom stereocenters. The SMILES string of the molecule is CCC(N)c1cnc(OC)c(F)c1. The molecule has 13 heavy (non-hydrogen) atoms. The molecule has 1 heterocycles. The first-order valence-electron chi connectivity index (χ1n) is 4.14. The Morgan fingerprint density at radius 3 is 2.85 bits per heavy atom. The summed E-state index contributed by atoms with van der Waals surface area (Å²) in [6.45, 7) is 1.94. The van der Waals surface area contributed by atoms with Crippen LogP contribution in [-0.4, -0.2) is 12.1 Å². The van der Waals surface area contributed by atoms with E-state index in [1.54, 1.807) is 0 Å². The van der Waals surface area contributed by atoms with Gasteiger partial charge in [-0.15, -0.1) is 0 Å². The molecular weight excluding hydrogens is 171 g/mol. The molecule has 0 aliphatic heterocycles. The molecule has 0 aliphatic rings. The van der Waals surface area contributed by atoms with E-state index in [-0.39, 0.29) is 11.9 Å². The summed E-state index contributed by atoms with van der Waals surface area (Å²) in [7, 11) is 1.38. The smallest absolute Gasteiger partial charge is 0.250 e. The van der Waals surface area contributed by atoms with Gasteiger partial charge in [-0.05, 0) is 18.1 Å². The molecule has 0 amide bonds. The predicted octanol–water partition coefficient (Wildman–Crippen LogP) is 1.64. The summed E-state index contributed by atoms with van der Waals surface area (Å²) in [5.74, 6) is -0.462. The van der Waals surface area contributed by atoms with Gasteiger partial charge in [-0.2, -0.15) is 0 Å². The molecule has 1 aromatic rings. The second kappa shape index (κ2) is 4.18. The van der Waals surface area contributed by atoms with E-state index < -0.39 is 5.82 Å². The fraction of sp³-hybridized carbons (Fsp3) is 0.444. The summed E-state index contributed by atoms with van der Waals surface area (Å²) >= 11 is 0. The van der Waals surface area contributed by atoms with Gasteiger partial charge in [-0.1, -0.05) is 6.92 Å². The van der Waals surface area contributed by atoms with Gasteiger partial charge in [-0.25, -0.2) is 9.37 Å². The number of pyridine rings is 1. The summed E-state index contributed by atoms with van der Waals surface area (Å²) in [6, 6.07) is 1.20. The van der Waals surface area contributed by atoms with Crippen LogP contribution in [0.5, 0.6) is 5.88 Å². The van der Waals surface area contributed by atoms with Crippen molar-refractivity contribution in [3.63, 3.8) is 0 Å². The Balaban J connectivity index is 2.95. The number of halogens is 1. The van der Waals surface area contributed by atoms with Crippen LogP contribution < -0.4 is 10.5 Å². The van der Waals surface area contributed by atoms with Crippen molar-refractivity contribution < 1.29 is 9.13 Å². The number of hydrogen-bond donors (Lipinski definition) is 1. The van der Waals surface area contributed by atoms with Gasteiger partial charge >= 0.3 is 0 Å². The summed E-state index contributed by atoms with van der Waals surface area (Å²) in [5.41, 5.74) is 6.40. The minimum atomic E-state index is -0.469. The molecule has 0 spiro atoms. The molecule has 0 bridgehead atoms. The fourth-order valence-electron chi connectivity index (χ4n) is 1.03. The van der Waals surface area contributed by atoms with Crippen LogP contribution in [0.2, 0.25) is 0 Å². The summed E-state index contributed by atoms with van der Waals surface area (Å²) in [6.07, 6.45) is 2.30. The first-order chi connectivity index (χ1) is 6.19. The molecule has 3 nitrogen and oxygen atoms in total. The normalized spacial score (nSPS) is 12.6. The fourth-order valence-corrected chi connectivity index (χ4v) is 1.03. The predicted molar refractivity (Wildman–Crippen MR) is 48.0 cm³/mol. The largest absolute Gasteiger partial charge is 0.479 e. The van der Waals surface area contributed by atoms with Crippen molar-refractivity contribution in [1.82, 2.24) is 4.98 Å². The quantitative estimate of drug-likeness (QED) is 0.776. The Bertz CT molecular complexity index is 291. The third kappa shape index (κ3) is 2.15. The lowest BCUT2D eigenvalue weighted by molar-refractivity contribution is 0.368. The molecule has 0 saturated carbocycles. The Kier molecular flexibility index (Phi) is 3.19. The van der Waals surface area contributed by atoms with Crippen LogP contribution in [0.3, 0.4) is 0 Å². The van der Waals surface area contributed by atoms with Gasteiger partial charge in [0.15, 0.2) is 5.82 Å². The molecule has 0 aliphatic carbocycles. The number of rotatable bonds is 3. The van der Waals surface area contributed by atoms with Crippen molar-refractivity contribution in [2.45, 2.75) is 19.4 Å². The van der Waals surface area contributed by atoms with Gasteiger partial charge in [0.25, 0.3) is 0 Å². The Labute approximate surface area is 76.7 Å². The van der Waals surface area contributed by atoms with Crippen molar-refractivity contribution in [1.29, 1.82) is 0 Å². The van der Waals surface area contributed by atoms with Crippen molar-refractivity contribution >= 4 is 0 Å². The lowest BCUT2D eigenvalue weighted by atomic mass is 10.1. The topological polar surface area (TPSA) is 48.1 Å². The molecule has 1 atom stereocenters. The highest BCUT2D eigenvalue weighted by molar-refractivity contribution is 5.22. The third-order valence-corrected chi connectivity index (χ3v) is 1.89. The number of aromatic nitrogens is 1. The molecule has 1 aromatic heterocycles. The maximum Gasteiger partial charge on any atom is 0.250 e. The van der Waals surface area contributed by atoms with Gasteiger partial charge in [0.2, 0.25) is 5.88 Å². The number of methoxy groups -OCH3 is 1. The third-order valence-electron chi connectivity index (χ3n) is 1.89. The molecule has 0 aromatic carbocycles. The highest BCUT2D eigenvalue weighted by atomic mass is 19.1. The van der Waals surface area contributed by atoms with E-state index in [0.29, 0.717) is 5.56 Å². The zero-order valence-corrected chi connectivity index (χ0v) is 7.75. The van der Waals surface area contributed by atoms with Crippen LogP contribution in [0.15, 0.2) is 12.3 Å². The van der Waals surface area contributed by atoms with E-state index in [9.17, 15) is 4.39 Å². The van der Waals surface area contributed by atoms with Crippen LogP contribution in [0.1, 0.15) is 24.9 Å². The van der Waals surface area contributed by atoms with E-state index in [0.717, 1.165) is 6.42 Å². The Morgan fingerprint density at radius 2 is 2.38 bits per heavy atom. The lowest BCUT2D eigenvalue weighted by Gasteiger charge is -2.09.